The predicted octanol–water partition coefficient (Wildman–Crippen LogP) is 3.90. The van der Waals surface area contributed by atoms with Gasteiger partial charge in [0.2, 0.25) is 0 Å². The van der Waals surface area contributed by atoms with Gasteiger partial charge in [0.25, 0.3) is 5.91 Å². The average molecular weight is 305 g/mol. The minimum Gasteiger partial charge on any atom is -0.270 e. The third kappa shape index (κ3) is 4.42. The van der Waals surface area contributed by atoms with Gasteiger partial charge in [-0.3, -0.25) is 9.63 Å². The van der Waals surface area contributed by atoms with E-state index in [9.17, 15) is 18.0 Å². The Balaban J connectivity index is 2.01. The Labute approximate surface area is 118 Å². The maximum atomic E-state index is 12.4. The monoisotopic (exact) mass is 305 g/mol. The van der Waals surface area contributed by atoms with Crippen molar-refractivity contribution in [3.05, 3.63) is 29.8 Å². The maximum Gasteiger partial charge on any atom is 0.446 e. The second kappa shape index (κ2) is 6.49. The van der Waals surface area contributed by atoms with E-state index in [0.717, 1.165) is 25.7 Å². The molecule has 0 aromatic heterocycles. The Morgan fingerprint density at radius 1 is 1.25 bits per heavy atom. The van der Waals surface area contributed by atoms with Crippen LogP contribution in [0, 0.1) is 0 Å². The second-order valence-electron chi connectivity index (χ2n) is 4.50. The van der Waals surface area contributed by atoms with Crippen molar-refractivity contribution in [2.24, 2.45) is 0 Å². The van der Waals surface area contributed by atoms with E-state index in [-0.39, 0.29) is 28.3 Å². The zero-order valence-electron chi connectivity index (χ0n) is 10.6. The van der Waals surface area contributed by atoms with Gasteiger partial charge in [-0.05, 0) is 36.7 Å². The smallest absolute Gasteiger partial charge is 0.270 e. The molecule has 0 saturated heterocycles. The summed E-state index contributed by atoms with van der Waals surface area (Å²) in [7, 11) is 0. The van der Waals surface area contributed by atoms with Gasteiger partial charge in [-0.25, -0.2) is 5.48 Å². The van der Waals surface area contributed by atoms with E-state index in [1.165, 1.54) is 24.3 Å². The van der Waals surface area contributed by atoms with Crippen LogP contribution in [0.1, 0.15) is 36.0 Å². The van der Waals surface area contributed by atoms with Crippen molar-refractivity contribution in [3.8, 4) is 0 Å². The van der Waals surface area contributed by atoms with Gasteiger partial charge in [-0.2, -0.15) is 13.2 Å². The Morgan fingerprint density at radius 3 is 2.55 bits per heavy atom. The van der Waals surface area contributed by atoms with Crippen LogP contribution < -0.4 is 5.48 Å². The molecule has 1 aromatic rings. The van der Waals surface area contributed by atoms with Crippen LogP contribution in [0.2, 0.25) is 0 Å². The van der Waals surface area contributed by atoms with E-state index in [1.54, 1.807) is 0 Å². The lowest BCUT2D eigenvalue weighted by Crippen LogP contribution is -2.28. The van der Waals surface area contributed by atoms with E-state index >= 15 is 0 Å². The molecule has 2 rings (SSSR count). The molecule has 1 aliphatic rings. The summed E-state index contributed by atoms with van der Waals surface area (Å²) in [5, 5.41) is 0. The van der Waals surface area contributed by atoms with Gasteiger partial charge < -0.3 is 0 Å². The van der Waals surface area contributed by atoms with Crippen LogP contribution in [-0.4, -0.2) is 17.5 Å². The van der Waals surface area contributed by atoms with Gasteiger partial charge in [0.15, 0.2) is 0 Å². The summed E-state index contributed by atoms with van der Waals surface area (Å²) in [5.41, 5.74) is -2.21. The van der Waals surface area contributed by atoms with Crippen LogP contribution in [-0.2, 0) is 4.84 Å². The fourth-order valence-electron chi connectivity index (χ4n) is 2.07. The first-order chi connectivity index (χ1) is 9.46. The van der Waals surface area contributed by atoms with Crippen molar-refractivity contribution in [2.75, 3.05) is 0 Å². The Hall–Kier alpha value is -1.21. The Kier molecular flexibility index (Phi) is 4.93. The topological polar surface area (TPSA) is 38.3 Å². The highest BCUT2D eigenvalue weighted by atomic mass is 32.2. The molecular weight excluding hydrogens is 291 g/mol. The van der Waals surface area contributed by atoms with E-state index in [4.69, 9.17) is 4.84 Å². The first-order valence-electron chi connectivity index (χ1n) is 6.26. The minimum absolute atomic E-state index is 0.0344. The van der Waals surface area contributed by atoms with Crippen LogP contribution in [0.15, 0.2) is 29.2 Å². The summed E-state index contributed by atoms with van der Waals surface area (Å²) in [5.74, 6) is -0.649. The van der Waals surface area contributed by atoms with Crippen LogP contribution >= 0.6 is 11.8 Å². The third-order valence-corrected chi connectivity index (χ3v) is 3.79. The van der Waals surface area contributed by atoms with Crippen LogP contribution in [0.25, 0.3) is 0 Å². The highest BCUT2D eigenvalue weighted by Crippen LogP contribution is 2.38. The fourth-order valence-corrected chi connectivity index (χ4v) is 2.73. The van der Waals surface area contributed by atoms with Crippen molar-refractivity contribution in [1.29, 1.82) is 0 Å². The number of hydroxylamine groups is 1. The summed E-state index contributed by atoms with van der Waals surface area (Å²) >= 11 is -0.303. The zero-order valence-corrected chi connectivity index (χ0v) is 11.4. The number of rotatable bonds is 4. The zero-order chi connectivity index (χ0) is 14.6. The third-order valence-electron chi connectivity index (χ3n) is 2.98. The molecule has 0 spiro atoms. The van der Waals surface area contributed by atoms with Crippen LogP contribution in [0.4, 0.5) is 13.2 Å². The minimum atomic E-state index is -4.43. The van der Waals surface area contributed by atoms with Crippen LogP contribution in [0.3, 0.4) is 0 Å². The molecular formula is C13H14F3NO2S. The van der Waals surface area contributed by atoms with Crippen molar-refractivity contribution in [2.45, 2.75) is 42.2 Å². The molecule has 0 heterocycles. The molecule has 1 aliphatic carbocycles. The second-order valence-corrected chi connectivity index (χ2v) is 5.61. The number of carbonyl (C=O) groups is 1. The summed E-state index contributed by atoms with van der Waals surface area (Å²) in [6.45, 7) is 0. The molecule has 110 valence electrons. The number of carbonyl (C=O) groups excluding carboxylic acids is 1. The van der Waals surface area contributed by atoms with Crippen molar-refractivity contribution < 1.29 is 22.8 Å². The van der Waals surface area contributed by atoms with E-state index in [0.29, 0.717) is 0 Å². The molecule has 0 bridgehead atoms. The molecule has 1 aromatic carbocycles. The number of halogens is 3. The molecule has 3 nitrogen and oxygen atoms in total. The molecule has 7 heteroatoms. The van der Waals surface area contributed by atoms with Crippen molar-refractivity contribution in [1.82, 2.24) is 5.48 Å². The lowest BCUT2D eigenvalue weighted by atomic mass is 10.2. The van der Waals surface area contributed by atoms with Crippen molar-refractivity contribution in [3.63, 3.8) is 0 Å². The van der Waals surface area contributed by atoms with E-state index in [2.05, 4.69) is 5.48 Å². The van der Waals surface area contributed by atoms with Gasteiger partial charge in [0, 0.05) is 4.90 Å². The molecule has 0 radical (unpaired) electrons. The SMILES string of the molecule is O=C(NOC1CCCC1)c1ccccc1SC(F)(F)F. The number of hydrogen-bond acceptors (Lipinski definition) is 3. The summed E-state index contributed by atoms with van der Waals surface area (Å²) in [4.78, 5) is 17.0. The lowest BCUT2D eigenvalue weighted by Gasteiger charge is -2.13. The van der Waals surface area contributed by atoms with Gasteiger partial charge in [-0.15, -0.1) is 0 Å². The number of nitrogens with one attached hydrogen (secondary N) is 1. The number of benzene rings is 1. The normalized spacial score (nSPS) is 16.4. The van der Waals surface area contributed by atoms with E-state index < -0.39 is 11.4 Å². The Morgan fingerprint density at radius 2 is 1.90 bits per heavy atom. The van der Waals surface area contributed by atoms with Gasteiger partial charge in [0.1, 0.15) is 0 Å². The standard InChI is InChI=1S/C13H14F3NO2S/c14-13(15,16)20-11-8-4-3-7-10(11)12(18)17-19-9-5-1-2-6-9/h3-4,7-9H,1-2,5-6H2,(H,17,18). The number of hydrogen-bond donors (Lipinski definition) is 1. The maximum absolute atomic E-state index is 12.4. The van der Waals surface area contributed by atoms with Crippen molar-refractivity contribution >= 4 is 17.7 Å². The molecule has 0 atom stereocenters. The quantitative estimate of drug-likeness (QED) is 0.677. The molecule has 1 amide bonds. The molecule has 20 heavy (non-hydrogen) atoms. The van der Waals surface area contributed by atoms with Gasteiger partial charge in [0.05, 0.1) is 11.7 Å². The number of alkyl halides is 3. The first-order valence-corrected chi connectivity index (χ1v) is 7.08. The average Bonchev–Trinajstić information content (AvgIpc) is 2.88. The largest absolute Gasteiger partial charge is 0.446 e. The fraction of sp³-hybridized carbons (Fsp3) is 0.462. The molecule has 1 saturated carbocycles. The number of thioether (sulfide) groups is 1. The van der Waals surface area contributed by atoms with Crippen LogP contribution in [0.5, 0.6) is 0 Å². The van der Waals surface area contributed by atoms with Gasteiger partial charge >= 0.3 is 5.51 Å². The lowest BCUT2D eigenvalue weighted by molar-refractivity contribution is -0.0328. The molecule has 0 aliphatic heterocycles. The molecule has 1 fully saturated rings. The number of amides is 1. The predicted molar refractivity (Wildman–Crippen MR) is 69.2 cm³/mol. The highest BCUT2D eigenvalue weighted by Gasteiger charge is 2.31. The summed E-state index contributed by atoms with van der Waals surface area (Å²) < 4.78 is 37.2. The van der Waals surface area contributed by atoms with Gasteiger partial charge in [-0.1, -0.05) is 25.0 Å². The molecule has 0 unspecified atom stereocenters. The summed E-state index contributed by atoms with van der Waals surface area (Å²) in [6, 6.07) is 5.59. The molecule has 1 N–H and O–H groups in total. The summed E-state index contributed by atoms with van der Waals surface area (Å²) in [6.07, 6.45) is 3.77. The first kappa shape index (κ1) is 15.2. The highest BCUT2D eigenvalue weighted by molar-refractivity contribution is 8.00. The Bertz CT molecular complexity index is 473. The van der Waals surface area contributed by atoms with E-state index in [1.807, 2.05) is 0 Å².